The molecule has 1 fully saturated rings. The Bertz CT molecular complexity index is 1950. The Balaban J connectivity index is 1.38. The van der Waals surface area contributed by atoms with Gasteiger partial charge in [0.05, 0.1) is 19.5 Å². The van der Waals surface area contributed by atoms with E-state index < -0.39 is 84.6 Å². The molecule has 28 heteroatoms. The summed E-state index contributed by atoms with van der Waals surface area (Å²) in [4.78, 5) is 88.0. The molecule has 10 N–H and O–H groups in total. The average molecular weight is 962 g/mol. The Morgan fingerprint density at radius 2 is 1.65 bits per heavy atom. The Hall–Kier alpha value is -2.70. The number of carbonyl (C=O) groups excluding carboxylic acids is 3. The number of aliphatic hydroxyl groups excluding tert-OH is 2. The van der Waals surface area contributed by atoms with Gasteiger partial charge in [0, 0.05) is 37.1 Å². The smallest absolute Gasteiger partial charge is 0.386 e. The fourth-order valence-electron chi connectivity index (χ4n) is 5.82. The first-order valence-corrected chi connectivity index (χ1v) is 25.3. The number of imidazole rings is 1. The van der Waals surface area contributed by atoms with Gasteiger partial charge in [0.2, 0.25) is 11.8 Å². The Labute approximate surface area is 362 Å². The molecular formula is C34H58N7O17P3S. The number of ether oxygens (including phenoxy) is 1. The average Bonchev–Trinajstić information content (AvgIpc) is 3.75. The number of nitrogens with one attached hydrogen (secondary N) is 2. The molecule has 62 heavy (non-hydrogen) atoms. The van der Waals surface area contributed by atoms with Gasteiger partial charge in [-0.1, -0.05) is 63.9 Å². The van der Waals surface area contributed by atoms with E-state index >= 15 is 0 Å². The number of phosphoric acid groups is 3. The maximum absolute atomic E-state index is 12.7. The van der Waals surface area contributed by atoms with Crippen LogP contribution >= 0.6 is 35.2 Å². The van der Waals surface area contributed by atoms with Crippen molar-refractivity contribution in [2.24, 2.45) is 5.41 Å². The normalized spacial score (nSPS) is 20.9. The van der Waals surface area contributed by atoms with Gasteiger partial charge in [-0.05, 0) is 32.1 Å². The van der Waals surface area contributed by atoms with E-state index in [1.54, 1.807) is 0 Å². The third-order valence-corrected chi connectivity index (χ3v) is 13.2. The molecule has 7 atom stereocenters. The molecule has 2 aromatic rings. The number of carbonyl (C=O) groups is 3. The number of phosphoric ester groups is 3. The number of aliphatic hydroxyl groups is 2. The number of thioether (sulfide) groups is 1. The molecule has 0 saturated carbocycles. The summed E-state index contributed by atoms with van der Waals surface area (Å²) in [6.45, 7) is 2.73. The van der Waals surface area contributed by atoms with Crippen molar-refractivity contribution < 1.29 is 80.5 Å². The molecule has 2 amide bonds. The van der Waals surface area contributed by atoms with Gasteiger partial charge in [0.1, 0.15) is 36.3 Å². The minimum Gasteiger partial charge on any atom is -0.386 e. The monoisotopic (exact) mass is 961 g/mol. The lowest BCUT2D eigenvalue weighted by molar-refractivity contribution is -0.137. The van der Waals surface area contributed by atoms with Gasteiger partial charge in [-0.3, -0.25) is 32.5 Å². The van der Waals surface area contributed by atoms with Crippen molar-refractivity contribution in [1.82, 2.24) is 30.2 Å². The van der Waals surface area contributed by atoms with Crippen LogP contribution in [-0.2, 0) is 50.7 Å². The minimum absolute atomic E-state index is 0.0322. The molecular weight excluding hydrogens is 903 g/mol. The number of hydrogen-bond donors (Lipinski definition) is 9. The topological polar surface area (TPSA) is 364 Å². The number of hydrogen-bond acceptors (Lipinski definition) is 18. The van der Waals surface area contributed by atoms with Crippen LogP contribution in [0, 0.1) is 5.41 Å². The molecule has 0 aliphatic carbocycles. The minimum atomic E-state index is -5.57. The highest BCUT2D eigenvalue weighted by molar-refractivity contribution is 8.13. The largest absolute Gasteiger partial charge is 0.481 e. The predicted molar refractivity (Wildman–Crippen MR) is 223 cm³/mol. The summed E-state index contributed by atoms with van der Waals surface area (Å²) in [6, 6.07) is 0. The van der Waals surface area contributed by atoms with Crippen LogP contribution in [0.3, 0.4) is 0 Å². The second-order valence-electron chi connectivity index (χ2n) is 14.9. The lowest BCUT2D eigenvalue weighted by Gasteiger charge is -2.30. The summed E-state index contributed by atoms with van der Waals surface area (Å²) in [5.74, 6) is -1.05. The lowest BCUT2D eigenvalue weighted by atomic mass is 9.87. The van der Waals surface area contributed by atoms with Gasteiger partial charge in [-0.25, -0.2) is 28.6 Å². The summed E-state index contributed by atoms with van der Waals surface area (Å²) in [5, 5.41) is 26.6. The molecule has 24 nitrogen and oxygen atoms in total. The van der Waals surface area contributed by atoms with Crippen molar-refractivity contribution in [2.45, 2.75) is 116 Å². The number of aromatic nitrogens is 4. The molecule has 0 radical (unpaired) electrons. The van der Waals surface area contributed by atoms with Gasteiger partial charge in [-0.2, -0.15) is 4.31 Å². The van der Waals surface area contributed by atoms with E-state index in [1.807, 2.05) is 0 Å². The Morgan fingerprint density at radius 1 is 0.968 bits per heavy atom. The van der Waals surface area contributed by atoms with Crippen molar-refractivity contribution in [3.05, 3.63) is 24.8 Å². The van der Waals surface area contributed by atoms with Crippen LogP contribution in [0.1, 0.15) is 91.2 Å². The van der Waals surface area contributed by atoms with Crippen LogP contribution < -0.4 is 16.4 Å². The highest BCUT2D eigenvalue weighted by Gasteiger charge is 2.50. The number of rotatable bonds is 29. The predicted octanol–water partition coefficient (Wildman–Crippen LogP) is 2.75. The maximum atomic E-state index is 12.7. The number of nitrogens with two attached hydrogens (primary N) is 1. The third-order valence-electron chi connectivity index (χ3n) is 9.16. The zero-order valence-electron chi connectivity index (χ0n) is 34.6. The number of amides is 2. The molecule has 1 aliphatic rings. The lowest BCUT2D eigenvalue weighted by Crippen LogP contribution is -2.46. The van der Waals surface area contributed by atoms with E-state index in [9.17, 15) is 57.9 Å². The molecule has 1 aliphatic heterocycles. The number of nitrogen functional groups attached to an aromatic ring is 1. The number of unbranched alkanes of at least 4 members (excludes halogenated alkanes) is 6. The van der Waals surface area contributed by atoms with Crippen molar-refractivity contribution in [1.29, 1.82) is 0 Å². The molecule has 0 bridgehead atoms. The van der Waals surface area contributed by atoms with E-state index in [0.29, 0.717) is 12.2 Å². The maximum Gasteiger partial charge on any atom is 0.481 e. The van der Waals surface area contributed by atoms with Gasteiger partial charge in [0.25, 0.3) is 0 Å². The van der Waals surface area contributed by atoms with Crippen molar-refractivity contribution >= 4 is 69.1 Å². The number of fused-ring (bicyclic) bond motifs is 1. The molecule has 0 spiro atoms. The number of allylic oxidation sites excluding steroid dienone is 2. The zero-order chi connectivity index (χ0) is 46.1. The van der Waals surface area contributed by atoms with E-state index in [1.165, 1.54) is 39.5 Å². The summed E-state index contributed by atoms with van der Waals surface area (Å²) in [5.41, 5.74) is 4.28. The third kappa shape index (κ3) is 18.4. The van der Waals surface area contributed by atoms with Crippen LogP contribution in [0.15, 0.2) is 24.8 Å². The fourth-order valence-corrected chi connectivity index (χ4v) is 9.37. The van der Waals surface area contributed by atoms with Crippen molar-refractivity contribution in [3.63, 3.8) is 0 Å². The summed E-state index contributed by atoms with van der Waals surface area (Å²) in [7, 11) is -16.4. The van der Waals surface area contributed by atoms with E-state index in [2.05, 4.69) is 53.5 Å². The van der Waals surface area contributed by atoms with Crippen LogP contribution in [0.4, 0.5) is 5.82 Å². The molecule has 1 saturated heterocycles. The molecule has 2 unspecified atom stereocenters. The Kier molecular flexibility index (Phi) is 21.7. The van der Waals surface area contributed by atoms with Gasteiger partial charge in [-0.15, -0.1) is 0 Å². The van der Waals surface area contributed by atoms with E-state index in [4.69, 9.17) is 19.5 Å². The van der Waals surface area contributed by atoms with Crippen LogP contribution in [0.25, 0.3) is 11.2 Å². The highest BCUT2D eigenvalue weighted by atomic mass is 32.2. The number of anilines is 1. The van der Waals surface area contributed by atoms with Crippen LogP contribution in [-0.4, -0.2) is 123 Å². The second kappa shape index (κ2) is 25.1. The fraction of sp³-hybridized carbons (Fsp3) is 0.706. The standard InChI is InChI=1S/C34H58N7O17P3S/c1-4-5-6-7-8-9-10-11-12-13-14-25(43)62-18-17-36-24(42)15-16-37-32(46)29(45)34(2,3)20-55-61(52,53)58-60(50,51)54-19-23-28(57-59(47,48)49)27(44)33(56-23)41-22-40-26-30(35)38-21-39-31(26)41/h9-10,21-23,27-29,33,44-45H,4-8,11-20H2,1-3H3,(H,36,42)(H,37,46)(H,50,51)(H,52,53)(H2,35,38,39)(H2,47,48,49)/b10-9+/t23-,27-,28-,29+,33-/m1/s1. The summed E-state index contributed by atoms with van der Waals surface area (Å²) < 4.78 is 62.3. The van der Waals surface area contributed by atoms with Gasteiger partial charge >= 0.3 is 23.5 Å². The van der Waals surface area contributed by atoms with Crippen molar-refractivity contribution in [2.75, 3.05) is 37.8 Å². The van der Waals surface area contributed by atoms with E-state index in [0.717, 1.165) is 54.7 Å². The molecule has 3 rings (SSSR count). The molecule has 0 aromatic carbocycles. The SMILES string of the molecule is CCCCCC/C=C/CCCCC(=O)SCCNC(=O)CCNC(=O)[C@H](O)C(C)(C)COP(=O)(O)OP(=O)(O)OC[C@H]1O[C@@H](n2cnc3c(N)ncnc32)[C@H](O)[C@@H]1OP(=O)(O)O. The Morgan fingerprint density at radius 3 is 2.32 bits per heavy atom. The number of nitrogens with zero attached hydrogens (tertiary/aromatic N) is 4. The first-order chi connectivity index (χ1) is 29.1. The molecule has 3 heterocycles. The van der Waals surface area contributed by atoms with Crippen LogP contribution in [0.2, 0.25) is 0 Å². The quantitative estimate of drug-likeness (QED) is 0.0321. The molecule has 352 valence electrons. The van der Waals surface area contributed by atoms with Gasteiger partial charge < -0.3 is 50.9 Å². The molecule has 2 aromatic heterocycles. The van der Waals surface area contributed by atoms with Crippen molar-refractivity contribution in [3.8, 4) is 0 Å². The highest BCUT2D eigenvalue weighted by Crippen LogP contribution is 2.61. The second-order valence-corrected chi connectivity index (χ2v) is 20.2. The first kappa shape index (κ1) is 53.6. The summed E-state index contributed by atoms with van der Waals surface area (Å²) in [6.07, 6.45) is 6.58. The van der Waals surface area contributed by atoms with Crippen LogP contribution in [0.5, 0.6) is 0 Å². The van der Waals surface area contributed by atoms with Gasteiger partial charge in [0.15, 0.2) is 22.8 Å². The first-order valence-electron chi connectivity index (χ1n) is 19.8. The zero-order valence-corrected chi connectivity index (χ0v) is 38.1. The summed E-state index contributed by atoms with van der Waals surface area (Å²) >= 11 is 1.13. The van der Waals surface area contributed by atoms with E-state index in [-0.39, 0.29) is 41.6 Å².